The van der Waals surface area contributed by atoms with Crippen LogP contribution in [0.2, 0.25) is 0 Å². The van der Waals surface area contributed by atoms with Gasteiger partial charge in [-0.15, -0.1) is 0 Å². The largest absolute Gasteiger partial charge is 0.489 e. The summed E-state index contributed by atoms with van der Waals surface area (Å²) in [5, 5.41) is 1.13. The standard InChI is InChI=1S/C17H24N2O/c1-11(2)20-15-8-6-7-14-13(10-17(4,5)18)9-12(3)19-16(14)15/h6-9,11H,10,18H2,1-5H3. The monoisotopic (exact) mass is 272 g/mol. The Morgan fingerprint density at radius 2 is 2.00 bits per heavy atom. The summed E-state index contributed by atoms with van der Waals surface area (Å²) in [5.74, 6) is 0.845. The Kier molecular flexibility index (Phi) is 4.00. The number of nitrogens with two attached hydrogens (primary N) is 1. The molecule has 1 aromatic carbocycles. The van der Waals surface area contributed by atoms with Gasteiger partial charge in [-0.3, -0.25) is 0 Å². The Hall–Kier alpha value is -1.61. The quantitative estimate of drug-likeness (QED) is 0.925. The average molecular weight is 272 g/mol. The van der Waals surface area contributed by atoms with Gasteiger partial charge in [-0.2, -0.15) is 0 Å². The van der Waals surface area contributed by atoms with Gasteiger partial charge in [0.15, 0.2) is 0 Å². The van der Waals surface area contributed by atoms with Crippen molar-refractivity contribution in [1.29, 1.82) is 0 Å². The summed E-state index contributed by atoms with van der Waals surface area (Å²) in [4.78, 5) is 4.65. The first-order chi connectivity index (χ1) is 9.26. The van der Waals surface area contributed by atoms with Crippen molar-refractivity contribution in [3.05, 3.63) is 35.5 Å². The van der Waals surface area contributed by atoms with Crippen molar-refractivity contribution in [1.82, 2.24) is 4.98 Å². The Labute approximate surface area is 121 Å². The molecule has 108 valence electrons. The minimum atomic E-state index is -0.240. The highest BCUT2D eigenvalue weighted by atomic mass is 16.5. The van der Waals surface area contributed by atoms with Crippen molar-refractivity contribution in [2.75, 3.05) is 0 Å². The fourth-order valence-electron chi connectivity index (χ4n) is 2.42. The highest BCUT2D eigenvalue weighted by Gasteiger charge is 2.16. The van der Waals surface area contributed by atoms with Crippen LogP contribution in [0.4, 0.5) is 0 Å². The maximum Gasteiger partial charge on any atom is 0.145 e. The number of para-hydroxylation sites is 1. The van der Waals surface area contributed by atoms with Crippen molar-refractivity contribution in [3.8, 4) is 5.75 Å². The van der Waals surface area contributed by atoms with Crippen LogP contribution < -0.4 is 10.5 Å². The van der Waals surface area contributed by atoms with E-state index >= 15 is 0 Å². The highest BCUT2D eigenvalue weighted by molar-refractivity contribution is 5.87. The van der Waals surface area contributed by atoms with Gasteiger partial charge in [0.2, 0.25) is 0 Å². The molecule has 0 saturated carbocycles. The number of benzene rings is 1. The average Bonchev–Trinajstić information content (AvgIpc) is 2.27. The normalized spacial score (nSPS) is 12.2. The molecule has 1 heterocycles. The lowest BCUT2D eigenvalue weighted by Gasteiger charge is -2.20. The number of nitrogens with zero attached hydrogens (tertiary/aromatic N) is 1. The lowest BCUT2D eigenvalue weighted by atomic mass is 9.93. The van der Waals surface area contributed by atoms with E-state index in [9.17, 15) is 0 Å². The molecule has 0 aliphatic rings. The third-order valence-electron chi connectivity index (χ3n) is 3.02. The van der Waals surface area contributed by atoms with Crippen LogP contribution in [0.5, 0.6) is 5.75 Å². The molecule has 3 heteroatoms. The summed E-state index contributed by atoms with van der Waals surface area (Å²) in [7, 11) is 0. The van der Waals surface area contributed by atoms with Gasteiger partial charge in [0, 0.05) is 16.6 Å². The first kappa shape index (κ1) is 14.8. The molecule has 0 saturated heterocycles. The van der Waals surface area contributed by atoms with Crippen molar-refractivity contribution in [3.63, 3.8) is 0 Å². The summed E-state index contributed by atoms with van der Waals surface area (Å²) in [6, 6.07) is 8.21. The second kappa shape index (κ2) is 5.41. The van der Waals surface area contributed by atoms with Crippen LogP contribution >= 0.6 is 0 Å². The van der Waals surface area contributed by atoms with Crippen molar-refractivity contribution < 1.29 is 4.74 Å². The van der Waals surface area contributed by atoms with E-state index in [1.54, 1.807) is 0 Å². The highest BCUT2D eigenvalue weighted by Crippen LogP contribution is 2.29. The second-order valence-electron chi connectivity index (χ2n) is 6.41. The topological polar surface area (TPSA) is 48.1 Å². The Bertz CT molecular complexity index is 612. The van der Waals surface area contributed by atoms with Crippen molar-refractivity contribution >= 4 is 10.9 Å². The molecule has 0 radical (unpaired) electrons. The molecule has 2 rings (SSSR count). The first-order valence-electron chi connectivity index (χ1n) is 7.11. The maximum absolute atomic E-state index is 6.18. The van der Waals surface area contributed by atoms with Crippen LogP contribution in [-0.2, 0) is 6.42 Å². The van der Waals surface area contributed by atoms with E-state index in [-0.39, 0.29) is 11.6 Å². The molecule has 3 nitrogen and oxygen atoms in total. The summed E-state index contributed by atoms with van der Waals surface area (Å²) in [5.41, 5.74) is 9.09. The molecule has 0 aliphatic carbocycles. The molecule has 0 amide bonds. The fraction of sp³-hybridized carbons (Fsp3) is 0.471. The van der Waals surface area contributed by atoms with Gasteiger partial charge < -0.3 is 10.5 Å². The lowest BCUT2D eigenvalue weighted by Crippen LogP contribution is -2.34. The molecular weight excluding hydrogens is 248 g/mol. The molecule has 1 aromatic heterocycles. The fourth-order valence-corrected chi connectivity index (χ4v) is 2.42. The van der Waals surface area contributed by atoms with Gasteiger partial charge in [-0.05, 0) is 58.7 Å². The molecular formula is C17H24N2O. The van der Waals surface area contributed by atoms with Crippen LogP contribution in [0.25, 0.3) is 10.9 Å². The SMILES string of the molecule is Cc1cc(CC(C)(C)N)c2cccc(OC(C)C)c2n1. The third-order valence-corrected chi connectivity index (χ3v) is 3.02. The molecule has 0 spiro atoms. The van der Waals surface area contributed by atoms with Gasteiger partial charge in [0.1, 0.15) is 11.3 Å². The van der Waals surface area contributed by atoms with Gasteiger partial charge in [0.05, 0.1) is 6.10 Å². The Balaban J connectivity index is 2.60. The second-order valence-corrected chi connectivity index (χ2v) is 6.41. The molecule has 2 N–H and O–H groups in total. The van der Waals surface area contributed by atoms with Crippen molar-refractivity contribution in [2.45, 2.75) is 52.7 Å². The number of hydrogen-bond acceptors (Lipinski definition) is 3. The number of aromatic nitrogens is 1. The molecule has 2 aromatic rings. The van der Waals surface area contributed by atoms with E-state index in [2.05, 4.69) is 17.1 Å². The van der Waals surface area contributed by atoms with Gasteiger partial charge >= 0.3 is 0 Å². The van der Waals surface area contributed by atoms with Gasteiger partial charge in [0.25, 0.3) is 0 Å². The van der Waals surface area contributed by atoms with E-state index in [0.717, 1.165) is 28.8 Å². The zero-order valence-corrected chi connectivity index (χ0v) is 13.0. The smallest absolute Gasteiger partial charge is 0.145 e. The number of pyridine rings is 1. The third kappa shape index (κ3) is 3.48. The van der Waals surface area contributed by atoms with Crippen LogP contribution in [-0.4, -0.2) is 16.6 Å². The van der Waals surface area contributed by atoms with Crippen LogP contribution in [0.3, 0.4) is 0 Å². The van der Waals surface area contributed by atoms with E-state index in [1.807, 2.05) is 46.8 Å². The van der Waals surface area contributed by atoms with E-state index < -0.39 is 0 Å². The van der Waals surface area contributed by atoms with Gasteiger partial charge in [-0.25, -0.2) is 4.98 Å². The van der Waals surface area contributed by atoms with E-state index in [0.29, 0.717) is 0 Å². The molecule has 0 atom stereocenters. The summed E-state index contributed by atoms with van der Waals surface area (Å²) < 4.78 is 5.87. The predicted molar refractivity (Wildman–Crippen MR) is 84.2 cm³/mol. The Morgan fingerprint density at radius 3 is 2.60 bits per heavy atom. The number of hydrogen-bond donors (Lipinski definition) is 1. The van der Waals surface area contributed by atoms with Gasteiger partial charge in [-0.1, -0.05) is 12.1 Å². The number of fused-ring (bicyclic) bond motifs is 1. The summed E-state index contributed by atoms with van der Waals surface area (Å²) >= 11 is 0. The maximum atomic E-state index is 6.18. The molecule has 0 fully saturated rings. The number of rotatable bonds is 4. The number of aryl methyl sites for hydroxylation is 1. The summed E-state index contributed by atoms with van der Waals surface area (Å²) in [6.07, 6.45) is 0.954. The molecule has 20 heavy (non-hydrogen) atoms. The van der Waals surface area contributed by atoms with E-state index in [4.69, 9.17) is 10.5 Å². The number of ether oxygens (including phenoxy) is 1. The lowest BCUT2D eigenvalue weighted by molar-refractivity contribution is 0.245. The zero-order chi connectivity index (χ0) is 14.9. The molecule has 0 unspecified atom stereocenters. The Morgan fingerprint density at radius 1 is 1.30 bits per heavy atom. The van der Waals surface area contributed by atoms with Crippen molar-refractivity contribution in [2.24, 2.45) is 5.73 Å². The first-order valence-corrected chi connectivity index (χ1v) is 7.11. The van der Waals surface area contributed by atoms with Crippen LogP contribution in [0, 0.1) is 6.92 Å². The minimum absolute atomic E-state index is 0.136. The molecule has 0 bridgehead atoms. The predicted octanol–water partition coefficient (Wildman–Crippen LogP) is 3.61. The van der Waals surface area contributed by atoms with Crippen LogP contribution in [0.15, 0.2) is 24.3 Å². The van der Waals surface area contributed by atoms with E-state index in [1.165, 1.54) is 5.56 Å². The zero-order valence-electron chi connectivity index (χ0n) is 13.0. The summed E-state index contributed by atoms with van der Waals surface area (Å²) in [6.45, 7) is 10.2. The van der Waals surface area contributed by atoms with Crippen LogP contribution in [0.1, 0.15) is 39.0 Å². The minimum Gasteiger partial charge on any atom is -0.489 e. The molecule has 0 aliphatic heterocycles.